The average Bonchev–Trinajstić information content (AvgIpc) is 3.09. The van der Waals surface area contributed by atoms with Crippen molar-refractivity contribution in [1.29, 1.82) is 0 Å². The minimum absolute atomic E-state index is 0.0286. The van der Waals surface area contributed by atoms with Gasteiger partial charge in [0.1, 0.15) is 0 Å². The number of hydrogen-bond donors (Lipinski definition) is 2. The van der Waals surface area contributed by atoms with Crippen molar-refractivity contribution in [2.75, 3.05) is 6.54 Å². The van der Waals surface area contributed by atoms with Crippen LogP contribution >= 0.6 is 0 Å². The number of benzene rings is 1. The molecular weight excluding hydrogens is 350 g/mol. The first kappa shape index (κ1) is 19.2. The molecule has 2 amide bonds. The second kappa shape index (κ2) is 8.91. The zero-order valence-corrected chi connectivity index (χ0v) is 16.5. The Hall–Kier alpha value is -2.14. The Bertz CT molecular complexity index is 710. The zero-order valence-electron chi connectivity index (χ0n) is 16.5. The van der Waals surface area contributed by atoms with Crippen LogP contribution in [0.3, 0.4) is 0 Å². The van der Waals surface area contributed by atoms with Crippen LogP contribution in [0, 0.1) is 5.92 Å². The largest absolute Gasteiger partial charge is 0.349 e. The summed E-state index contributed by atoms with van der Waals surface area (Å²) in [5, 5.41) is 6.33. The van der Waals surface area contributed by atoms with Gasteiger partial charge >= 0.3 is 0 Å². The van der Waals surface area contributed by atoms with Gasteiger partial charge in [0.05, 0.1) is 6.04 Å². The fourth-order valence-electron chi connectivity index (χ4n) is 4.56. The molecule has 1 saturated heterocycles. The molecule has 2 N–H and O–H groups in total. The van der Waals surface area contributed by atoms with Crippen LogP contribution in [0.4, 0.5) is 0 Å². The first-order chi connectivity index (χ1) is 13.7. The molecule has 1 aromatic carbocycles. The number of fused-ring (bicyclic) bond motifs is 1. The summed E-state index contributed by atoms with van der Waals surface area (Å²) in [4.78, 5) is 27.0. The maximum Gasteiger partial charge on any atom is 0.246 e. The van der Waals surface area contributed by atoms with Crippen LogP contribution in [0.15, 0.2) is 36.4 Å². The quantitative estimate of drug-likeness (QED) is 0.745. The number of carbonyl (C=O) groups excluding carboxylic acids is 2. The minimum Gasteiger partial charge on any atom is -0.349 e. The van der Waals surface area contributed by atoms with Crippen molar-refractivity contribution in [1.82, 2.24) is 15.5 Å². The summed E-state index contributed by atoms with van der Waals surface area (Å²) in [7, 11) is 0. The molecule has 2 atom stereocenters. The summed E-state index contributed by atoms with van der Waals surface area (Å²) < 4.78 is 0. The molecule has 0 radical (unpaired) electrons. The van der Waals surface area contributed by atoms with Gasteiger partial charge in [0, 0.05) is 25.2 Å². The highest BCUT2D eigenvalue weighted by Gasteiger charge is 2.27. The van der Waals surface area contributed by atoms with Gasteiger partial charge in [-0.3, -0.25) is 9.59 Å². The maximum absolute atomic E-state index is 12.7. The van der Waals surface area contributed by atoms with E-state index in [0.717, 1.165) is 19.4 Å². The van der Waals surface area contributed by atoms with Crippen molar-refractivity contribution in [2.24, 2.45) is 5.92 Å². The summed E-state index contributed by atoms with van der Waals surface area (Å²) >= 11 is 0. The molecule has 0 unspecified atom stereocenters. The van der Waals surface area contributed by atoms with Crippen LogP contribution in [0.5, 0.6) is 0 Å². The fraction of sp³-hybridized carbons (Fsp3) is 0.565. The predicted molar refractivity (Wildman–Crippen MR) is 109 cm³/mol. The summed E-state index contributed by atoms with van der Waals surface area (Å²) in [5.41, 5.74) is 2.46. The third-order valence-electron chi connectivity index (χ3n) is 6.40. The summed E-state index contributed by atoms with van der Waals surface area (Å²) in [6.45, 7) is 2.26. The molecule has 28 heavy (non-hydrogen) atoms. The zero-order chi connectivity index (χ0) is 19.3. The number of nitrogens with zero attached hydrogens (tertiary/aromatic N) is 1. The van der Waals surface area contributed by atoms with Crippen molar-refractivity contribution in [3.8, 4) is 0 Å². The highest BCUT2D eigenvalue weighted by atomic mass is 16.2. The predicted octanol–water partition coefficient (Wildman–Crippen LogP) is 2.90. The van der Waals surface area contributed by atoms with Gasteiger partial charge in [0.25, 0.3) is 0 Å². The van der Waals surface area contributed by atoms with Crippen LogP contribution in [-0.2, 0) is 22.7 Å². The first-order valence-electron chi connectivity index (χ1n) is 10.8. The van der Waals surface area contributed by atoms with E-state index in [2.05, 4.69) is 22.8 Å². The van der Waals surface area contributed by atoms with Gasteiger partial charge in [-0.15, -0.1) is 0 Å². The van der Waals surface area contributed by atoms with Gasteiger partial charge in [-0.05, 0) is 36.4 Å². The van der Waals surface area contributed by atoms with E-state index in [9.17, 15) is 9.59 Å². The van der Waals surface area contributed by atoms with Gasteiger partial charge in [-0.1, -0.05) is 62.4 Å². The monoisotopic (exact) mass is 381 g/mol. The van der Waals surface area contributed by atoms with Crippen LogP contribution < -0.4 is 10.6 Å². The van der Waals surface area contributed by atoms with Crippen molar-refractivity contribution in [2.45, 2.75) is 70.1 Å². The Morgan fingerprint density at radius 3 is 2.39 bits per heavy atom. The van der Waals surface area contributed by atoms with E-state index in [1.165, 1.54) is 43.2 Å². The lowest BCUT2D eigenvalue weighted by molar-refractivity contribution is -0.127. The molecule has 0 bridgehead atoms. The third kappa shape index (κ3) is 4.64. The van der Waals surface area contributed by atoms with E-state index in [1.807, 2.05) is 23.1 Å². The lowest BCUT2D eigenvalue weighted by Gasteiger charge is -2.30. The molecule has 1 saturated carbocycles. The van der Waals surface area contributed by atoms with E-state index in [1.54, 1.807) is 6.08 Å². The van der Waals surface area contributed by atoms with Gasteiger partial charge in [0.2, 0.25) is 11.8 Å². The molecule has 2 heterocycles. The SMILES string of the molecule is O=C(N[C@H](/C=C/C(=O)N1Cc2ccccc2C1)CC1CCCCC1)[C@@H]1CCN1. The highest BCUT2D eigenvalue weighted by Crippen LogP contribution is 2.28. The lowest BCUT2D eigenvalue weighted by Crippen LogP contribution is -2.55. The minimum atomic E-state index is -0.0639. The number of carbonyl (C=O) groups is 2. The van der Waals surface area contributed by atoms with Gasteiger partial charge in [-0.25, -0.2) is 0 Å². The normalized spacial score (nSPS) is 23.3. The molecule has 2 aliphatic heterocycles. The second-order valence-electron chi connectivity index (χ2n) is 8.47. The molecular formula is C23H31N3O2. The van der Waals surface area contributed by atoms with E-state index in [-0.39, 0.29) is 23.9 Å². The van der Waals surface area contributed by atoms with Crippen LogP contribution in [0.1, 0.15) is 56.1 Å². The van der Waals surface area contributed by atoms with Crippen molar-refractivity contribution >= 4 is 11.8 Å². The Labute approximate surface area is 167 Å². The molecule has 150 valence electrons. The summed E-state index contributed by atoms with van der Waals surface area (Å²) in [6, 6.07) is 8.09. The number of hydrogen-bond acceptors (Lipinski definition) is 3. The van der Waals surface area contributed by atoms with Gasteiger partial charge in [0.15, 0.2) is 0 Å². The number of nitrogens with one attached hydrogen (secondary N) is 2. The van der Waals surface area contributed by atoms with E-state index >= 15 is 0 Å². The van der Waals surface area contributed by atoms with Crippen LogP contribution in [0.2, 0.25) is 0 Å². The smallest absolute Gasteiger partial charge is 0.246 e. The molecule has 0 aromatic heterocycles. The van der Waals surface area contributed by atoms with Crippen LogP contribution in [-0.4, -0.2) is 35.3 Å². The first-order valence-corrected chi connectivity index (χ1v) is 10.8. The molecule has 2 fully saturated rings. The Morgan fingerprint density at radius 1 is 1.11 bits per heavy atom. The maximum atomic E-state index is 12.7. The van der Waals surface area contributed by atoms with Crippen molar-refractivity contribution in [3.05, 3.63) is 47.5 Å². The average molecular weight is 382 g/mol. The second-order valence-corrected chi connectivity index (χ2v) is 8.47. The molecule has 0 spiro atoms. The van der Waals surface area contributed by atoms with E-state index in [0.29, 0.717) is 19.0 Å². The fourth-order valence-corrected chi connectivity index (χ4v) is 4.56. The third-order valence-corrected chi connectivity index (χ3v) is 6.40. The molecule has 4 rings (SSSR count). The van der Waals surface area contributed by atoms with Crippen molar-refractivity contribution in [3.63, 3.8) is 0 Å². The van der Waals surface area contributed by atoms with Crippen molar-refractivity contribution < 1.29 is 9.59 Å². The molecule has 1 aliphatic carbocycles. The van der Waals surface area contributed by atoms with Gasteiger partial charge in [-0.2, -0.15) is 0 Å². The summed E-state index contributed by atoms with van der Waals surface area (Å²) in [5.74, 6) is 0.739. The Balaban J connectivity index is 1.37. The van der Waals surface area contributed by atoms with E-state index in [4.69, 9.17) is 0 Å². The Kier molecular flexibility index (Phi) is 6.10. The van der Waals surface area contributed by atoms with E-state index < -0.39 is 0 Å². The summed E-state index contributed by atoms with van der Waals surface area (Å²) in [6.07, 6.45) is 11.8. The molecule has 1 aromatic rings. The lowest BCUT2D eigenvalue weighted by atomic mass is 9.84. The standard InChI is InChI=1S/C23H31N3O2/c27-22(26-15-18-8-4-5-9-19(18)16-26)11-10-20(14-17-6-2-1-3-7-17)25-23(28)21-12-13-24-21/h4-5,8-11,17,20-21,24H,1-3,6-7,12-16H2,(H,25,28)/b11-10+/t20-,21+/m1/s1. The topological polar surface area (TPSA) is 61.4 Å². The van der Waals surface area contributed by atoms with Crippen LogP contribution in [0.25, 0.3) is 0 Å². The van der Waals surface area contributed by atoms with Gasteiger partial charge < -0.3 is 15.5 Å². The molecule has 5 nitrogen and oxygen atoms in total. The molecule has 5 heteroatoms. The number of rotatable bonds is 6. The highest BCUT2D eigenvalue weighted by molar-refractivity contribution is 5.88. The number of amides is 2. The Morgan fingerprint density at radius 2 is 1.79 bits per heavy atom. The molecule has 3 aliphatic rings.